The monoisotopic (exact) mass is 206 g/mol. The predicted octanol–water partition coefficient (Wildman–Crippen LogP) is 1.15. The summed E-state index contributed by atoms with van der Waals surface area (Å²) in [7, 11) is 0. The molecule has 1 saturated heterocycles. The van der Waals surface area contributed by atoms with Gasteiger partial charge in [0.15, 0.2) is 0 Å². The first-order valence-corrected chi connectivity index (χ1v) is 5.13. The van der Waals surface area contributed by atoms with Crippen LogP contribution in [0.1, 0.15) is 12.0 Å². The van der Waals surface area contributed by atoms with Crippen LogP contribution in [-0.4, -0.2) is 23.8 Å². The van der Waals surface area contributed by atoms with Crippen LogP contribution in [0, 0.1) is 5.92 Å². The van der Waals surface area contributed by atoms with Gasteiger partial charge < -0.3 is 9.84 Å². The molecule has 0 amide bonds. The van der Waals surface area contributed by atoms with Gasteiger partial charge in [-0.25, -0.2) is 0 Å². The van der Waals surface area contributed by atoms with Crippen molar-refractivity contribution >= 4 is 5.97 Å². The van der Waals surface area contributed by atoms with E-state index in [-0.39, 0.29) is 11.9 Å². The average Bonchev–Trinajstić information content (AvgIpc) is 2.66. The van der Waals surface area contributed by atoms with E-state index in [1.807, 2.05) is 30.3 Å². The minimum Gasteiger partial charge on any atom is -0.465 e. The lowest BCUT2D eigenvalue weighted by atomic mass is 9.95. The summed E-state index contributed by atoms with van der Waals surface area (Å²) in [6.45, 7) is 0.354. The van der Waals surface area contributed by atoms with Crippen molar-refractivity contribution in [3.05, 3.63) is 35.9 Å². The van der Waals surface area contributed by atoms with E-state index >= 15 is 0 Å². The van der Waals surface area contributed by atoms with E-state index in [0.717, 1.165) is 5.56 Å². The molecule has 0 radical (unpaired) electrons. The number of benzene rings is 1. The molecule has 15 heavy (non-hydrogen) atoms. The quantitative estimate of drug-likeness (QED) is 0.755. The second kappa shape index (κ2) is 4.45. The highest BCUT2D eigenvalue weighted by atomic mass is 16.5. The molecule has 1 aliphatic rings. The third kappa shape index (κ3) is 2.57. The lowest BCUT2D eigenvalue weighted by molar-refractivity contribution is -0.137. The van der Waals surface area contributed by atoms with Gasteiger partial charge in [-0.05, 0) is 12.0 Å². The fraction of sp³-hybridized carbons (Fsp3) is 0.417. The molecule has 1 aliphatic heterocycles. The molecule has 1 fully saturated rings. The van der Waals surface area contributed by atoms with Crippen molar-refractivity contribution < 1.29 is 14.6 Å². The Bertz CT molecular complexity index is 334. The van der Waals surface area contributed by atoms with E-state index in [1.54, 1.807) is 0 Å². The lowest BCUT2D eigenvalue weighted by Crippen LogP contribution is -2.23. The van der Waals surface area contributed by atoms with Gasteiger partial charge in [-0.1, -0.05) is 30.3 Å². The molecule has 0 bridgehead atoms. The van der Waals surface area contributed by atoms with Crippen molar-refractivity contribution in [1.82, 2.24) is 0 Å². The van der Waals surface area contributed by atoms with Gasteiger partial charge in [0, 0.05) is 5.92 Å². The molecule has 80 valence electrons. The zero-order valence-electron chi connectivity index (χ0n) is 8.43. The molecule has 2 rings (SSSR count). The number of aliphatic hydroxyl groups excluding tert-OH is 1. The first-order chi connectivity index (χ1) is 7.25. The van der Waals surface area contributed by atoms with Crippen LogP contribution in [0.15, 0.2) is 30.3 Å². The molecular formula is C12H14O3. The zero-order valence-corrected chi connectivity index (χ0v) is 8.43. The summed E-state index contributed by atoms with van der Waals surface area (Å²) in [6, 6.07) is 9.77. The molecule has 3 nitrogen and oxygen atoms in total. The van der Waals surface area contributed by atoms with Crippen LogP contribution in [0.4, 0.5) is 0 Å². The highest BCUT2D eigenvalue weighted by Gasteiger charge is 2.29. The molecule has 0 saturated carbocycles. The summed E-state index contributed by atoms with van der Waals surface area (Å²) < 4.78 is 4.83. The molecule has 3 heteroatoms. The van der Waals surface area contributed by atoms with Crippen molar-refractivity contribution in [1.29, 1.82) is 0 Å². The molecule has 0 aromatic heterocycles. The smallest absolute Gasteiger partial charge is 0.306 e. The maximum Gasteiger partial charge on any atom is 0.306 e. The van der Waals surface area contributed by atoms with Gasteiger partial charge in [-0.15, -0.1) is 0 Å². The first kappa shape index (κ1) is 10.2. The molecule has 1 N–H and O–H groups in total. The van der Waals surface area contributed by atoms with Crippen molar-refractivity contribution in [2.45, 2.75) is 18.9 Å². The van der Waals surface area contributed by atoms with Gasteiger partial charge in [0.05, 0.1) is 19.1 Å². The van der Waals surface area contributed by atoms with Crippen LogP contribution < -0.4 is 0 Å². The SMILES string of the molecule is O=C1C[C@H]([C@@H](O)Cc2ccccc2)CO1. The lowest BCUT2D eigenvalue weighted by Gasteiger charge is -2.14. The van der Waals surface area contributed by atoms with Crippen molar-refractivity contribution in [2.75, 3.05) is 6.61 Å². The average molecular weight is 206 g/mol. The van der Waals surface area contributed by atoms with Gasteiger partial charge in [0.1, 0.15) is 0 Å². The number of carbonyl (C=O) groups is 1. The Morgan fingerprint density at radius 1 is 1.40 bits per heavy atom. The number of hydrogen-bond acceptors (Lipinski definition) is 3. The fourth-order valence-electron chi connectivity index (χ4n) is 1.80. The van der Waals surface area contributed by atoms with Gasteiger partial charge in [0.2, 0.25) is 0 Å². The van der Waals surface area contributed by atoms with Crippen LogP contribution in [0.5, 0.6) is 0 Å². The first-order valence-electron chi connectivity index (χ1n) is 5.13. The zero-order chi connectivity index (χ0) is 10.7. The van der Waals surface area contributed by atoms with Crippen molar-refractivity contribution in [2.24, 2.45) is 5.92 Å². The summed E-state index contributed by atoms with van der Waals surface area (Å²) in [4.78, 5) is 10.9. The molecule has 0 aliphatic carbocycles. The third-order valence-corrected chi connectivity index (χ3v) is 2.72. The van der Waals surface area contributed by atoms with Crippen LogP contribution in [0.3, 0.4) is 0 Å². The van der Waals surface area contributed by atoms with Crippen LogP contribution in [0.25, 0.3) is 0 Å². The Morgan fingerprint density at radius 3 is 2.73 bits per heavy atom. The Hall–Kier alpha value is -1.35. The number of esters is 1. The highest BCUT2D eigenvalue weighted by molar-refractivity contribution is 5.71. The maximum atomic E-state index is 10.9. The number of cyclic esters (lactones) is 1. The summed E-state index contributed by atoms with van der Waals surface area (Å²) in [6.07, 6.45) is 0.440. The van der Waals surface area contributed by atoms with E-state index < -0.39 is 6.10 Å². The second-order valence-electron chi connectivity index (χ2n) is 3.90. The van der Waals surface area contributed by atoms with Gasteiger partial charge >= 0.3 is 5.97 Å². The molecule has 0 spiro atoms. The van der Waals surface area contributed by atoms with Gasteiger partial charge in [-0.2, -0.15) is 0 Å². The maximum absolute atomic E-state index is 10.9. The predicted molar refractivity (Wildman–Crippen MR) is 55.2 cm³/mol. The van der Waals surface area contributed by atoms with E-state index in [4.69, 9.17) is 4.74 Å². The fourth-order valence-corrected chi connectivity index (χ4v) is 1.80. The van der Waals surface area contributed by atoms with Crippen molar-refractivity contribution in [3.8, 4) is 0 Å². The summed E-state index contributed by atoms with van der Waals surface area (Å²) in [5.41, 5.74) is 1.09. The van der Waals surface area contributed by atoms with E-state index in [2.05, 4.69) is 0 Å². The standard InChI is InChI=1S/C12H14O3/c13-11(10-7-12(14)15-8-10)6-9-4-2-1-3-5-9/h1-5,10-11,13H,6-8H2/t10-,11-/m0/s1. The normalized spacial score (nSPS) is 22.5. The Balaban J connectivity index is 1.92. The van der Waals surface area contributed by atoms with E-state index in [1.165, 1.54) is 0 Å². The molecule has 1 heterocycles. The Labute approximate surface area is 88.7 Å². The Kier molecular flexibility index (Phi) is 3.02. The molecule has 1 aromatic rings. The minimum atomic E-state index is -0.487. The molecule has 0 unspecified atom stereocenters. The summed E-state index contributed by atoms with van der Waals surface area (Å²) >= 11 is 0. The largest absolute Gasteiger partial charge is 0.465 e. The van der Waals surface area contributed by atoms with Crippen LogP contribution in [-0.2, 0) is 16.0 Å². The third-order valence-electron chi connectivity index (χ3n) is 2.72. The van der Waals surface area contributed by atoms with Gasteiger partial charge in [-0.3, -0.25) is 4.79 Å². The summed E-state index contributed by atoms with van der Waals surface area (Å²) in [5, 5.41) is 9.89. The number of ether oxygens (including phenoxy) is 1. The van der Waals surface area contributed by atoms with Gasteiger partial charge in [0.25, 0.3) is 0 Å². The van der Waals surface area contributed by atoms with Crippen molar-refractivity contribution in [3.63, 3.8) is 0 Å². The van der Waals surface area contributed by atoms with Crippen LogP contribution in [0.2, 0.25) is 0 Å². The number of aliphatic hydroxyl groups is 1. The minimum absolute atomic E-state index is 0.0438. The van der Waals surface area contributed by atoms with E-state index in [0.29, 0.717) is 19.4 Å². The topological polar surface area (TPSA) is 46.5 Å². The molecule has 2 atom stereocenters. The summed E-state index contributed by atoms with van der Waals surface area (Å²) in [5.74, 6) is -0.246. The van der Waals surface area contributed by atoms with E-state index in [9.17, 15) is 9.90 Å². The number of rotatable bonds is 3. The number of hydrogen-bond donors (Lipinski definition) is 1. The molecular weight excluding hydrogens is 192 g/mol. The molecule has 1 aromatic carbocycles. The Morgan fingerprint density at radius 2 is 2.13 bits per heavy atom. The van der Waals surface area contributed by atoms with Crippen LogP contribution >= 0.6 is 0 Å². The highest BCUT2D eigenvalue weighted by Crippen LogP contribution is 2.20. The number of carbonyl (C=O) groups excluding carboxylic acids is 1. The second-order valence-corrected chi connectivity index (χ2v) is 3.90.